The van der Waals surface area contributed by atoms with E-state index in [0.717, 1.165) is 16.0 Å². The largest absolute Gasteiger partial charge is 0.489 e. The Balaban J connectivity index is 1.52. The Morgan fingerprint density at radius 3 is 2.43 bits per heavy atom. The van der Waals surface area contributed by atoms with Crippen LogP contribution in [0, 0.1) is 24.0 Å². The van der Waals surface area contributed by atoms with Crippen molar-refractivity contribution in [3.63, 3.8) is 0 Å². The number of hydrogen-bond donors (Lipinski definition) is 1. The molecule has 3 aromatic rings. The minimum atomic E-state index is -0.796. The molecule has 0 bridgehead atoms. The van der Waals surface area contributed by atoms with E-state index in [1.807, 2.05) is 13.0 Å². The summed E-state index contributed by atoms with van der Waals surface area (Å²) in [6, 6.07) is 17.3. The zero-order valence-electron chi connectivity index (χ0n) is 19.0. The van der Waals surface area contributed by atoms with E-state index in [1.165, 1.54) is 18.2 Å². The van der Waals surface area contributed by atoms with Gasteiger partial charge in [0.1, 0.15) is 17.9 Å². The monoisotopic (exact) mass is 471 g/mol. The van der Waals surface area contributed by atoms with Gasteiger partial charge in [-0.1, -0.05) is 36.4 Å². The molecule has 1 fully saturated rings. The van der Waals surface area contributed by atoms with E-state index in [1.54, 1.807) is 55.5 Å². The van der Waals surface area contributed by atoms with Gasteiger partial charge >= 0.3 is 6.03 Å². The van der Waals surface area contributed by atoms with Crippen LogP contribution in [0.5, 0.6) is 5.75 Å². The van der Waals surface area contributed by atoms with Gasteiger partial charge in [0.15, 0.2) is 0 Å². The Morgan fingerprint density at radius 1 is 1.00 bits per heavy atom. The van der Waals surface area contributed by atoms with E-state index in [-0.39, 0.29) is 17.9 Å². The standard InChI is InChI=1S/C26H21N3O6/c1-16-5-3-8-23(17(16)2)28-25(31)22(24(30)27-26(28)32)14-18-9-11-21(12-10-18)35-15-19-6-4-7-20(13-19)29(33)34/h3-14H,15H2,1-2H3,(H,27,30,32)/b22-14+. The van der Waals surface area contributed by atoms with Crippen LogP contribution in [-0.4, -0.2) is 22.8 Å². The first kappa shape index (κ1) is 23.4. The number of aryl methyl sites for hydroxylation is 1. The van der Waals surface area contributed by atoms with Crippen LogP contribution in [0.25, 0.3) is 6.08 Å². The van der Waals surface area contributed by atoms with Gasteiger partial charge in [0.2, 0.25) is 0 Å². The number of carbonyl (C=O) groups excluding carboxylic acids is 3. The molecule has 1 heterocycles. The number of imide groups is 2. The van der Waals surface area contributed by atoms with Gasteiger partial charge in [-0.25, -0.2) is 9.69 Å². The van der Waals surface area contributed by atoms with Gasteiger partial charge < -0.3 is 4.74 Å². The molecule has 3 aromatic carbocycles. The van der Waals surface area contributed by atoms with E-state index in [9.17, 15) is 24.5 Å². The molecule has 0 saturated carbocycles. The normalized spacial score (nSPS) is 14.7. The van der Waals surface area contributed by atoms with Gasteiger partial charge in [-0.3, -0.25) is 25.0 Å². The summed E-state index contributed by atoms with van der Waals surface area (Å²) in [4.78, 5) is 49.4. The van der Waals surface area contributed by atoms with E-state index >= 15 is 0 Å². The van der Waals surface area contributed by atoms with Crippen molar-refractivity contribution in [2.24, 2.45) is 0 Å². The van der Waals surface area contributed by atoms with Crippen molar-refractivity contribution in [1.82, 2.24) is 5.32 Å². The Kier molecular flexibility index (Phi) is 6.41. The lowest BCUT2D eigenvalue weighted by Crippen LogP contribution is -2.54. The van der Waals surface area contributed by atoms with Gasteiger partial charge in [-0.05, 0) is 60.4 Å². The minimum Gasteiger partial charge on any atom is -0.489 e. The fourth-order valence-corrected chi connectivity index (χ4v) is 3.61. The Labute approximate surface area is 200 Å². The fraction of sp³-hybridized carbons (Fsp3) is 0.115. The predicted octanol–water partition coefficient (Wildman–Crippen LogP) is 4.46. The molecule has 1 saturated heterocycles. The summed E-state index contributed by atoms with van der Waals surface area (Å²) in [5.74, 6) is -0.976. The number of benzene rings is 3. The number of rotatable bonds is 6. The second kappa shape index (κ2) is 9.60. The van der Waals surface area contributed by atoms with E-state index < -0.39 is 22.8 Å². The lowest BCUT2D eigenvalue weighted by molar-refractivity contribution is -0.384. The van der Waals surface area contributed by atoms with E-state index in [0.29, 0.717) is 22.6 Å². The van der Waals surface area contributed by atoms with Gasteiger partial charge in [0, 0.05) is 12.1 Å². The molecule has 0 aromatic heterocycles. The molecule has 4 amide bonds. The summed E-state index contributed by atoms with van der Waals surface area (Å²) < 4.78 is 5.68. The van der Waals surface area contributed by atoms with Crippen molar-refractivity contribution in [3.05, 3.63) is 105 Å². The van der Waals surface area contributed by atoms with Crippen LogP contribution in [0.1, 0.15) is 22.3 Å². The third-order valence-electron chi connectivity index (χ3n) is 5.64. The first-order chi connectivity index (χ1) is 16.7. The fourth-order valence-electron chi connectivity index (χ4n) is 3.61. The average molecular weight is 471 g/mol. The highest BCUT2D eigenvalue weighted by atomic mass is 16.6. The van der Waals surface area contributed by atoms with Gasteiger partial charge in [0.05, 0.1) is 10.6 Å². The number of nitro groups is 1. The van der Waals surface area contributed by atoms with Gasteiger partial charge in [-0.2, -0.15) is 0 Å². The SMILES string of the molecule is Cc1cccc(N2C(=O)NC(=O)/C(=C\c3ccc(OCc4cccc([N+](=O)[O-])c4)cc3)C2=O)c1C. The molecule has 1 aliphatic rings. The van der Waals surface area contributed by atoms with E-state index in [2.05, 4.69) is 5.32 Å². The van der Waals surface area contributed by atoms with Crippen molar-refractivity contribution in [1.29, 1.82) is 0 Å². The number of urea groups is 1. The average Bonchev–Trinajstić information content (AvgIpc) is 2.84. The van der Waals surface area contributed by atoms with Crippen molar-refractivity contribution in [2.45, 2.75) is 20.5 Å². The molecule has 9 heteroatoms. The van der Waals surface area contributed by atoms with Crippen LogP contribution in [-0.2, 0) is 16.2 Å². The van der Waals surface area contributed by atoms with Crippen LogP contribution < -0.4 is 15.0 Å². The molecule has 0 atom stereocenters. The summed E-state index contributed by atoms with van der Waals surface area (Å²) in [7, 11) is 0. The number of ether oxygens (including phenoxy) is 1. The number of barbiturate groups is 1. The van der Waals surface area contributed by atoms with Crippen molar-refractivity contribution >= 4 is 35.3 Å². The minimum absolute atomic E-state index is 0.0168. The molecule has 176 valence electrons. The predicted molar refractivity (Wildman–Crippen MR) is 129 cm³/mol. The summed E-state index contributed by atoms with van der Waals surface area (Å²) in [6.45, 7) is 3.81. The van der Waals surface area contributed by atoms with Crippen LogP contribution in [0.2, 0.25) is 0 Å². The summed E-state index contributed by atoms with van der Waals surface area (Å²) in [5, 5.41) is 13.1. The molecule has 35 heavy (non-hydrogen) atoms. The number of amides is 4. The summed E-state index contributed by atoms with van der Waals surface area (Å²) >= 11 is 0. The van der Waals surface area contributed by atoms with Gasteiger partial charge in [-0.15, -0.1) is 0 Å². The molecule has 0 unspecified atom stereocenters. The van der Waals surface area contributed by atoms with Crippen LogP contribution >= 0.6 is 0 Å². The number of hydrogen-bond acceptors (Lipinski definition) is 6. The topological polar surface area (TPSA) is 119 Å². The third-order valence-corrected chi connectivity index (χ3v) is 5.64. The molecular weight excluding hydrogens is 450 g/mol. The lowest BCUT2D eigenvalue weighted by Gasteiger charge is -2.28. The zero-order valence-corrected chi connectivity index (χ0v) is 19.0. The third kappa shape index (κ3) is 4.93. The number of nitrogens with zero attached hydrogens (tertiary/aromatic N) is 2. The highest BCUT2D eigenvalue weighted by Gasteiger charge is 2.37. The molecular formula is C26H21N3O6. The molecule has 0 aliphatic carbocycles. The quantitative estimate of drug-likeness (QED) is 0.245. The number of nitro benzene ring substituents is 1. The van der Waals surface area contributed by atoms with Crippen LogP contribution in [0.4, 0.5) is 16.2 Å². The number of anilines is 1. The Bertz CT molecular complexity index is 1380. The maximum atomic E-state index is 13.1. The summed E-state index contributed by atoms with van der Waals surface area (Å²) in [6.07, 6.45) is 1.41. The molecule has 0 spiro atoms. The van der Waals surface area contributed by atoms with Crippen LogP contribution in [0.15, 0.2) is 72.3 Å². The first-order valence-corrected chi connectivity index (χ1v) is 10.7. The number of non-ortho nitro benzene ring substituents is 1. The van der Waals surface area contributed by atoms with Gasteiger partial charge in [0.25, 0.3) is 17.5 Å². The molecule has 4 rings (SSSR count). The zero-order chi connectivity index (χ0) is 25.1. The van der Waals surface area contributed by atoms with Crippen LogP contribution in [0.3, 0.4) is 0 Å². The number of carbonyl (C=O) groups is 3. The lowest BCUT2D eigenvalue weighted by atomic mass is 10.0. The summed E-state index contributed by atoms with van der Waals surface area (Å²) in [5.41, 5.74) is 3.09. The smallest absolute Gasteiger partial charge is 0.335 e. The highest BCUT2D eigenvalue weighted by molar-refractivity contribution is 6.39. The molecule has 0 radical (unpaired) electrons. The molecule has 1 N–H and O–H groups in total. The maximum absolute atomic E-state index is 13.1. The maximum Gasteiger partial charge on any atom is 0.335 e. The van der Waals surface area contributed by atoms with Crippen molar-refractivity contribution < 1.29 is 24.0 Å². The number of nitrogens with one attached hydrogen (secondary N) is 1. The second-order valence-electron chi connectivity index (χ2n) is 7.96. The first-order valence-electron chi connectivity index (χ1n) is 10.7. The van der Waals surface area contributed by atoms with E-state index in [4.69, 9.17) is 4.74 Å². The molecule has 1 aliphatic heterocycles. The highest BCUT2D eigenvalue weighted by Crippen LogP contribution is 2.27. The van der Waals surface area contributed by atoms with Crippen molar-refractivity contribution in [2.75, 3.05) is 4.90 Å². The second-order valence-corrected chi connectivity index (χ2v) is 7.96. The Morgan fingerprint density at radius 2 is 1.71 bits per heavy atom. The Hall–Kier alpha value is -4.79. The van der Waals surface area contributed by atoms with Crippen molar-refractivity contribution in [3.8, 4) is 5.75 Å². The molecule has 9 nitrogen and oxygen atoms in total.